The summed E-state index contributed by atoms with van der Waals surface area (Å²) in [5, 5.41) is 24.7. The number of carbonyl (C=O) groups is 2. The zero-order chi connectivity index (χ0) is 30.4. The SMILES string of the molecule is CCOc1ccc2c(c1)CC(c1nc3ccc(-c4cn[nH]c4)cc3[nH]1)NC2.O=C(O)C(F)(F)F.O=C(O)C(F)(F)F. The number of hydrogen-bond donors (Lipinski definition) is 5. The van der Waals surface area contributed by atoms with E-state index in [0.717, 1.165) is 46.7 Å². The molecule has 0 spiro atoms. The molecule has 0 aliphatic carbocycles. The second-order valence-electron chi connectivity index (χ2n) is 8.45. The second-order valence-corrected chi connectivity index (χ2v) is 8.45. The summed E-state index contributed by atoms with van der Waals surface area (Å²) in [4.78, 5) is 26.1. The standard InChI is InChI=1S/C21H21N5O.2C2HF3O2/c1-2-27-17-5-3-14-10-22-20(9-15(14)7-17)21-25-18-6-4-13(8-19(18)26-21)16-11-23-24-12-16;2*3-2(4,5)1(6)7/h3-8,11-12,20,22H,2,9-10H2,1H3,(H,23,24)(H,25,26);2*(H,6,7). The Labute approximate surface area is 227 Å². The molecule has 1 aliphatic heterocycles. The molecule has 0 amide bonds. The number of hydrogen-bond acceptors (Lipinski definition) is 6. The Balaban J connectivity index is 0.000000276. The van der Waals surface area contributed by atoms with Crippen molar-refractivity contribution in [3.8, 4) is 16.9 Å². The first-order chi connectivity index (χ1) is 19.2. The van der Waals surface area contributed by atoms with Gasteiger partial charge in [0.1, 0.15) is 11.6 Å². The van der Waals surface area contributed by atoms with Crippen LogP contribution in [0.15, 0.2) is 48.8 Å². The van der Waals surface area contributed by atoms with Crippen LogP contribution in [-0.4, -0.2) is 61.3 Å². The number of H-pyrrole nitrogens is 2. The molecule has 220 valence electrons. The van der Waals surface area contributed by atoms with E-state index in [9.17, 15) is 26.3 Å². The molecule has 10 nitrogen and oxygen atoms in total. The number of aromatic nitrogens is 4. The molecule has 0 radical (unpaired) electrons. The minimum Gasteiger partial charge on any atom is -0.494 e. The van der Waals surface area contributed by atoms with Crippen LogP contribution >= 0.6 is 0 Å². The van der Waals surface area contributed by atoms with Gasteiger partial charge in [0, 0.05) is 18.3 Å². The van der Waals surface area contributed by atoms with Crippen LogP contribution in [0.1, 0.15) is 29.9 Å². The summed E-state index contributed by atoms with van der Waals surface area (Å²) >= 11 is 0. The zero-order valence-corrected chi connectivity index (χ0v) is 21.1. The van der Waals surface area contributed by atoms with Crippen LogP contribution < -0.4 is 10.1 Å². The molecule has 1 aliphatic rings. The van der Waals surface area contributed by atoms with Gasteiger partial charge in [-0.2, -0.15) is 31.4 Å². The van der Waals surface area contributed by atoms with Gasteiger partial charge in [-0.15, -0.1) is 0 Å². The number of nitrogens with zero attached hydrogens (tertiary/aromatic N) is 2. The third kappa shape index (κ3) is 8.44. The van der Waals surface area contributed by atoms with E-state index in [4.69, 9.17) is 29.5 Å². The van der Waals surface area contributed by atoms with E-state index in [0.29, 0.717) is 6.61 Å². The van der Waals surface area contributed by atoms with Gasteiger partial charge in [0.2, 0.25) is 0 Å². The molecule has 4 aromatic rings. The van der Waals surface area contributed by atoms with Gasteiger partial charge >= 0.3 is 24.3 Å². The van der Waals surface area contributed by atoms with Crippen molar-refractivity contribution in [1.82, 2.24) is 25.5 Å². The summed E-state index contributed by atoms with van der Waals surface area (Å²) in [5.41, 5.74) is 6.86. The normalized spacial score (nSPS) is 14.7. The lowest BCUT2D eigenvalue weighted by Gasteiger charge is -2.25. The lowest BCUT2D eigenvalue weighted by Crippen LogP contribution is -2.29. The topological polar surface area (TPSA) is 153 Å². The van der Waals surface area contributed by atoms with Gasteiger partial charge in [0.25, 0.3) is 0 Å². The monoisotopic (exact) mass is 587 g/mol. The highest BCUT2D eigenvalue weighted by Crippen LogP contribution is 2.30. The average molecular weight is 587 g/mol. The van der Waals surface area contributed by atoms with Crippen molar-refractivity contribution < 1.29 is 50.9 Å². The molecule has 1 atom stereocenters. The van der Waals surface area contributed by atoms with Crippen LogP contribution in [0.5, 0.6) is 5.75 Å². The van der Waals surface area contributed by atoms with Crippen molar-refractivity contribution in [3.63, 3.8) is 0 Å². The highest BCUT2D eigenvalue weighted by molar-refractivity contribution is 5.81. The van der Waals surface area contributed by atoms with E-state index in [-0.39, 0.29) is 6.04 Å². The maximum atomic E-state index is 10.6. The van der Waals surface area contributed by atoms with Crippen molar-refractivity contribution in [3.05, 3.63) is 65.7 Å². The minimum atomic E-state index is -5.08. The minimum absolute atomic E-state index is 0.166. The molecule has 5 N–H and O–H groups in total. The number of halogens is 6. The highest BCUT2D eigenvalue weighted by Gasteiger charge is 2.38. The van der Waals surface area contributed by atoms with Crippen molar-refractivity contribution in [2.45, 2.75) is 38.3 Å². The van der Waals surface area contributed by atoms with Gasteiger partial charge in [0.05, 0.1) is 29.9 Å². The van der Waals surface area contributed by atoms with Crippen molar-refractivity contribution in [2.24, 2.45) is 0 Å². The van der Waals surface area contributed by atoms with Gasteiger partial charge in [0.15, 0.2) is 0 Å². The molecule has 41 heavy (non-hydrogen) atoms. The van der Waals surface area contributed by atoms with E-state index in [1.54, 1.807) is 0 Å². The van der Waals surface area contributed by atoms with Crippen LogP contribution in [0.25, 0.3) is 22.2 Å². The number of alkyl halides is 6. The maximum absolute atomic E-state index is 10.6. The van der Waals surface area contributed by atoms with Crippen LogP contribution in [0, 0.1) is 0 Å². The molecule has 2 aromatic heterocycles. The van der Waals surface area contributed by atoms with Gasteiger partial charge < -0.3 is 25.3 Å². The van der Waals surface area contributed by atoms with Gasteiger partial charge in [-0.05, 0) is 54.3 Å². The van der Waals surface area contributed by atoms with E-state index >= 15 is 0 Å². The Morgan fingerprint density at radius 3 is 2.20 bits per heavy atom. The smallest absolute Gasteiger partial charge is 0.490 e. The van der Waals surface area contributed by atoms with Crippen LogP contribution in [0.4, 0.5) is 26.3 Å². The number of benzene rings is 2. The Morgan fingerprint density at radius 1 is 0.976 bits per heavy atom. The molecule has 2 aromatic carbocycles. The number of aromatic amines is 2. The third-order valence-electron chi connectivity index (χ3n) is 5.60. The van der Waals surface area contributed by atoms with Gasteiger partial charge in [-0.1, -0.05) is 12.1 Å². The summed E-state index contributed by atoms with van der Waals surface area (Å²) in [6.07, 6.45) is -5.55. The molecule has 16 heteroatoms. The lowest BCUT2D eigenvalue weighted by molar-refractivity contribution is -0.193. The summed E-state index contributed by atoms with van der Waals surface area (Å²) in [6, 6.07) is 12.8. The van der Waals surface area contributed by atoms with E-state index < -0.39 is 24.3 Å². The number of imidazole rings is 1. The molecule has 0 fully saturated rings. The van der Waals surface area contributed by atoms with E-state index in [1.807, 2.05) is 25.4 Å². The predicted molar refractivity (Wildman–Crippen MR) is 132 cm³/mol. The quantitative estimate of drug-likeness (QED) is 0.209. The fourth-order valence-corrected chi connectivity index (χ4v) is 3.72. The summed E-state index contributed by atoms with van der Waals surface area (Å²) < 4.78 is 69.1. The molecule has 0 saturated heterocycles. The summed E-state index contributed by atoms with van der Waals surface area (Å²) in [7, 11) is 0. The largest absolute Gasteiger partial charge is 0.494 e. The third-order valence-corrected chi connectivity index (χ3v) is 5.60. The van der Waals surface area contributed by atoms with Gasteiger partial charge in [-0.25, -0.2) is 14.6 Å². The first-order valence-corrected chi connectivity index (χ1v) is 11.8. The Hall–Kier alpha value is -4.60. The number of carboxylic acid groups (broad SMARTS) is 2. The molecular weight excluding hydrogens is 564 g/mol. The zero-order valence-electron chi connectivity index (χ0n) is 21.1. The van der Waals surface area contributed by atoms with Crippen LogP contribution in [0.2, 0.25) is 0 Å². The average Bonchev–Trinajstić information content (AvgIpc) is 3.58. The first kappa shape index (κ1) is 30.9. The fourth-order valence-electron chi connectivity index (χ4n) is 3.72. The van der Waals surface area contributed by atoms with Crippen molar-refractivity contribution in [1.29, 1.82) is 0 Å². The van der Waals surface area contributed by atoms with Crippen molar-refractivity contribution >= 4 is 23.0 Å². The Kier molecular flexibility index (Phi) is 9.59. The summed E-state index contributed by atoms with van der Waals surface area (Å²) in [6.45, 7) is 3.53. The molecule has 1 unspecified atom stereocenters. The lowest BCUT2D eigenvalue weighted by atomic mass is 9.95. The molecule has 5 rings (SSSR count). The molecule has 0 bridgehead atoms. The maximum Gasteiger partial charge on any atom is 0.490 e. The fraction of sp³-hybridized carbons (Fsp3) is 0.280. The van der Waals surface area contributed by atoms with Crippen LogP contribution in [-0.2, 0) is 22.6 Å². The second kappa shape index (κ2) is 12.7. The number of rotatable bonds is 4. The van der Waals surface area contributed by atoms with E-state index in [1.165, 1.54) is 11.1 Å². The van der Waals surface area contributed by atoms with Crippen LogP contribution in [0.3, 0.4) is 0 Å². The predicted octanol–water partition coefficient (Wildman–Crippen LogP) is 5.01. The molecular formula is C25H23F6N5O5. The number of aliphatic carboxylic acids is 2. The number of ether oxygens (including phenoxy) is 1. The number of fused-ring (bicyclic) bond motifs is 2. The molecule has 0 saturated carbocycles. The first-order valence-electron chi connectivity index (χ1n) is 11.8. The number of carboxylic acids is 2. The highest BCUT2D eigenvalue weighted by atomic mass is 19.4. The van der Waals surface area contributed by atoms with Gasteiger partial charge in [-0.3, -0.25) is 5.10 Å². The van der Waals surface area contributed by atoms with E-state index in [2.05, 4.69) is 50.8 Å². The summed E-state index contributed by atoms with van der Waals surface area (Å²) in [5.74, 6) is -3.60. The number of nitrogens with one attached hydrogen (secondary N) is 3. The Morgan fingerprint density at radius 2 is 1.63 bits per heavy atom. The van der Waals surface area contributed by atoms with Crippen molar-refractivity contribution in [2.75, 3.05) is 6.61 Å². The Bertz CT molecular complexity index is 1460. The molecule has 3 heterocycles.